The lowest BCUT2D eigenvalue weighted by atomic mass is 9.98. The third-order valence-corrected chi connectivity index (χ3v) is 6.99. The molecule has 0 aliphatic carbocycles. The number of thiazole rings is 1. The summed E-state index contributed by atoms with van der Waals surface area (Å²) in [4.78, 5) is 33.5. The first-order valence-corrected chi connectivity index (χ1v) is 12.0. The number of anilines is 1. The summed E-state index contributed by atoms with van der Waals surface area (Å²) in [5, 5.41) is 0.756. The molecule has 0 N–H and O–H groups in total. The third-order valence-electron chi connectivity index (χ3n) is 5.97. The highest BCUT2D eigenvalue weighted by molar-refractivity contribution is 7.22. The Morgan fingerprint density at radius 1 is 1.09 bits per heavy atom. The van der Waals surface area contributed by atoms with E-state index in [9.17, 15) is 14.0 Å². The summed E-state index contributed by atoms with van der Waals surface area (Å²) in [5.74, 6) is -0.220. The zero-order valence-electron chi connectivity index (χ0n) is 18.7. The summed E-state index contributed by atoms with van der Waals surface area (Å²) in [6, 6.07) is 17.7. The molecule has 1 amide bonds. The number of halogens is 1. The number of amides is 1. The summed E-state index contributed by atoms with van der Waals surface area (Å²) in [7, 11) is 0. The van der Waals surface area contributed by atoms with Crippen LogP contribution in [0.2, 0.25) is 0 Å². The maximum absolute atomic E-state index is 13.8. The zero-order valence-corrected chi connectivity index (χ0v) is 19.5. The molecular formula is C27H19FN2O4S. The summed E-state index contributed by atoms with van der Waals surface area (Å²) in [6.07, 6.45) is 0.846. The molecule has 1 aliphatic rings. The van der Waals surface area contributed by atoms with Crippen LogP contribution in [0.5, 0.6) is 5.75 Å². The Balaban J connectivity index is 1.59. The van der Waals surface area contributed by atoms with E-state index in [1.807, 2.05) is 31.2 Å². The number of fused-ring (bicyclic) bond motifs is 3. The van der Waals surface area contributed by atoms with Crippen molar-refractivity contribution in [1.29, 1.82) is 0 Å². The van der Waals surface area contributed by atoms with Gasteiger partial charge in [0.2, 0.25) is 5.76 Å². The normalized spacial score (nSPS) is 15.2. The lowest BCUT2D eigenvalue weighted by molar-refractivity contribution is 0.0971. The molecule has 2 aromatic heterocycles. The Kier molecular flexibility index (Phi) is 5.11. The molecule has 6 nitrogen and oxygen atoms in total. The number of carbonyl (C=O) groups is 1. The fourth-order valence-electron chi connectivity index (χ4n) is 4.42. The number of rotatable bonds is 5. The van der Waals surface area contributed by atoms with Gasteiger partial charge in [0.1, 0.15) is 17.1 Å². The van der Waals surface area contributed by atoms with E-state index in [1.54, 1.807) is 30.3 Å². The van der Waals surface area contributed by atoms with E-state index in [0.29, 0.717) is 44.2 Å². The maximum atomic E-state index is 13.8. The molecule has 0 bridgehead atoms. The van der Waals surface area contributed by atoms with E-state index >= 15 is 0 Å². The Hall–Kier alpha value is -4.04. The molecule has 6 rings (SSSR count). The number of nitrogens with zero attached hydrogens (tertiary/aromatic N) is 2. The second-order valence-electron chi connectivity index (χ2n) is 8.28. The van der Waals surface area contributed by atoms with Crippen LogP contribution in [0.1, 0.15) is 41.1 Å². The van der Waals surface area contributed by atoms with Gasteiger partial charge < -0.3 is 9.15 Å². The molecule has 1 atom stereocenters. The minimum atomic E-state index is -0.769. The second kappa shape index (κ2) is 8.32. The first-order chi connectivity index (χ1) is 17.0. The topological polar surface area (TPSA) is 72.6 Å². The smallest absolute Gasteiger partial charge is 0.297 e. The fraction of sp³-hybridized carbons (Fsp3) is 0.148. The molecule has 8 heteroatoms. The van der Waals surface area contributed by atoms with Crippen molar-refractivity contribution in [3.05, 3.63) is 99.7 Å². The molecule has 35 heavy (non-hydrogen) atoms. The van der Waals surface area contributed by atoms with Gasteiger partial charge >= 0.3 is 0 Å². The van der Waals surface area contributed by atoms with Crippen LogP contribution in [-0.2, 0) is 0 Å². The SMILES string of the molecule is CCCOc1cccc(C2c3c(oc4ccccc4c3=O)C(=O)N2c2nc3ccc(F)cc3s2)c1. The van der Waals surface area contributed by atoms with E-state index in [0.717, 1.165) is 6.42 Å². The molecule has 0 radical (unpaired) electrons. The molecule has 1 aliphatic heterocycles. The fourth-order valence-corrected chi connectivity index (χ4v) is 5.43. The van der Waals surface area contributed by atoms with Crippen LogP contribution < -0.4 is 15.1 Å². The monoisotopic (exact) mass is 486 g/mol. The third kappa shape index (κ3) is 3.49. The highest BCUT2D eigenvalue weighted by atomic mass is 32.1. The standard InChI is InChI=1S/C27H19FN2O4S/c1-2-12-33-17-7-5-6-15(13-17)23-22-24(31)18-8-3-4-9-20(18)34-25(22)26(32)30(23)27-29-19-11-10-16(28)14-21(19)35-27/h3-11,13-14,23H,2,12H2,1H3. The summed E-state index contributed by atoms with van der Waals surface area (Å²) >= 11 is 1.19. The number of benzene rings is 3. The average Bonchev–Trinajstić information content (AvgIpc) is 3.41. The van der Waals surface area contributed by atoms with Gasteiger partial charge in [-0.15, -0.1) is 0 Å². The number of para-hydroxylation sites is 1. The van der Waals surface area contributed by atoms with Crippen LogP contribution in [0, 0.1) is 5.82 Å². The molecule has 0 fully saturated rings. The van der Waals surface area contributed by atoms with Crippen molar-refractivity contribution in [2.45, 2.75) is 19.4 Å². The van der Waals surface area contributed by atoms with Gasteiger partial charge in [-0.25, -0.2) is 9.37 Å². The Morgan fingerprint density at radius 2 is 1.94 bits per heavy atom. The molecule has 3 aromatic carbocycles. The highest BCUT2D eigenvalue weighted by Gasteiger charge is 2.45. The second-order valence-corrected chi connectivity index (χ2v) is 9.29. The predicted octanol–water partition coefficient (Wildman–Crippen LogP) is 6.08. The zero-order chi connectivity index (χ0) is 24.1. The van der Waals surface area contributed by atoms with Crippen LogP contribution in [0.4, 0.5) is 9.52 Å². The van der Waals surface area contributed by atoms with Crippen molar-refractivity contribution in [2.24, 2.45) is 0 Å². The number of aromatic nitrogens is 1. The molecule has 5 aromatic rings. The van der Waals surface area contributed by atoms with Crippen LogP contribution in [0.15, 0.2) is 75.9 Å². The van der Waals surface area contributed by atoms with Gasteiger partial charge in [-0.05, 0) is 54.4 Å². The van der Waals surface area contributed by atoms with Crippen LogP contribution >= 0.6 is 11.3 Å². The maximum Gasteiger partial charge on any atom is 0.297 e. The van der Waals surface area contributed by atoms with E-state index in [1.165, 1.54) is 28.4 Å². The number of ether oxygens (including phenoxy) is 1. The minimum Gasteiger partial charge on any atom is -0.494 e. The Bertz CT molecular complexity index is 1680. The van der Waals surface area contributed by atoms with Gasteiger partial charge in [0.25, 0.3) is 5.91 Å². The number of hydrogen-bond acceptors (Lipinski definition) is 6. The predicted molar refractivity (Wildman–Crippen MR) is 133 cm³/mol. The molecular weight excluding hydrogens is 467 g/mol. The van der Waals surface area contributed by atoms with Gasteiger partial charge in [-0.3, -0.25) is 14.5 Å². The summed E-state index contributed by atoms with van der Waals surface area (Å²) in [5.41, 5.74) is 1.59. The van der Waals surface area contributed by atoms with Gasteiger partial charge in [-0.1, -0.05) is 42.5 Å². The van der Waals surface area contributed by atoms with Crippen molar-refractivity contribution in [3.63, 3.8) is 0 Å². The molecule has 3 heterocycles. The quantitative estimate of drug-likeness (QED) is 0.301. The number of hydrogen-bond donors (Lipinski definition) is 0. The molecule has 174 valence electrons. The van der Waals surface area contributed by atoms with Gasteiger partial charge in [0.15, 0.2) is 10.6 Å². The lowest BCUT2D eigenvalue weighted by Crippen LogP contribution is -2.29. The van der Waals surface area contributed by atoms with Crippen LogP contribution in [-0.4, -0.2) is 17.5 Å². The van der Waals surface area contributed by atoms with Crippen molar-refractivity contribution in [1.82, 2.24) is 4.98 Å². The Morgan fingerprint density at radius 3 is 2.80 bits per heavy atom. The first kappa shape index (κ1) is 21.5. The van der Waals surface area contributed by atoms with Gasteiger partial charge in [0.05, 0.1) is 33.8 Å². The van der Waals surface area contributed by atoms with Crippen LogP contribution in [0.25, 0.3) is 21.2 Å². The largest absolute Gasteiger partial charge is 0.494 e. The van der Waals surface area contributed by atoms with Gasteiger partial charge in [0, 0.05) is 0 Å². The summed E-state index contributed by atoms with van der Waals surface area (Å²) < 4.78 is 26.2. The first-order valence-electron chi connectivity index (χ1n) is 11.2. The molecule has 0 spiro atoms. The van der Waals surface area contributed by atoms with Crippen molar-refractivity contribution >= 4 is 43.6 Å². The molecule has 0 saturated heterocycles. The Labute approximate surface area is 203 Å². The summed E-state index contributed by atoms with van der Waals surface area (Å²) in [6.45, 7) is 2.56. The number of carbonyl (C=O) groups excluding carboxylic acids is 1. The van der Waals surface area contributed by atoms with Crippen molar-refractivity contribution in [3.8, 4) is 5.75 Å². The minimum absolute atomic E-state index is 0.0102. The van der Waals surface area contributed by atoms with E-state index < -0.39 is 11.9 Å². The van der Waals surface area contributed by atoms with Crippen LogP contribution in [0.3, 0.4) is 0 Å². The molecule has 1 unspecified atom stereocenters. The molecule has 0 saturated carbocycles. The van der Waals surface area contributed by atoms with Gasteiger partial charge in [-0.2, -0.15) is 0 Å². The van der Waals surface area contributed by atoms with E-state index in [-0.39, 0.29) is 22.6 Å². The average molecular weight is 487 g/mol. The van der Waals surface area contributed by atoms with E-state index in [4.69, 9.17) is 9.15 Å². The van der Waals surface area contributed by atoms with E-state index in [2.05, 4.69) is 4.98 Å². The van der Waals surface area contributed by atoms with Crippen molar-refractivity contribution in [2.75, 3.05) is 11.5 Å². The lowest BCUT2D eigenvalue weighted by Gasteiger charge is -2.23. The highest BCUT2D eigenvalue weighted by Crippen LogP contribution is 2.44. The van der Waals surface area contributed by atoms with Crippen molar-refractivity contribution < 1.29 is 18.3 Å².